The van der Waals surface area contributed by atoms with Gasteiger partial charge in [0.05, 0.1) is 0 Å². The lowest BCUT2D eigenvalue weighted by molar-refractivity contribution is 0.0916. The van der Waals surface area contributed by atoms with Crippen molar-refractivity contribution in [3.8, 4) is 0 Å². The van der Waals surface area contributed by atoms with Gasteiger partial charge in [-0.3, -0.25) is 4.79 Å². The van der Waals surface area contributed by atoms with Gasteiger partial charge in [0.25, 0.3) is 15.0 Å². The van der Waals surface area contributed by atoms with Crippen molar-refractivity contribution in [1.29, 1.82) is 0 Å². The second kappa shape index (κ2) is 4.85. The predicted molar refractivity (Wildman–Crippen MR) is 64.5 cm³/mol. The molecule has 0 radical (unpaired) electrons. The van der Waals surface area contributed by atoms with Crippen molar-refractivity contribution in [3.05, 3.63) is 29.6 Å². The van der Waals surface area contributed by atoms with Crippen LogP contribution in [0.2, 0.25) is 0 Å². The van der Waals surface area contributed by atoms with Crippen molar-refractivity contribution < 1.29 is 17.6 Å². The van der Waals surface area contributed by atoms with Crippen LogP contribution in [-0.2, 0) is 9.05 Å². The number of carbonyl (C=O) groups is 1. The molecule has 0 spiro atoms. The van der Waals surface area contributed by atoms with E-state index in [0.717, 1.165) is 31.4 Å². The van der Waals surface area contributed by atoms with Gasteiger partial charge in [0.1, 0.15) is 10.7 Å². The number of halogens is 2. The van der Waals surface area contributed by atoms with Crippen molar-refractivity contribution in [1.82, 2.24) is 5.32 Å². The van der Waals surface area contributed by atoms with Crippen molar-refractivity contribution in [3.63, 3.8) is 0 Å². The van der Waals surface area contributed by atoms with Crippen LogP contribution in [0.4, 0.5) is 4.39 Å². The van der Waals surface area contributed by atoms with Crippen LogP contribution in [0.25, 0.3) is 0 Å². The van der Waals surface area contributed by atoms with Gasteiger partial charge in [-0.2, -0.15) is 0 Å². The van der Waals surface area contributed by atoms with E-state index in [0.29, 0.717) is 0 Å². The molecular formula is C11H11ClFNO3S. The summed E-state index contributed by atoms with van der Waals surface area (Å²) >= 11 is 0. The number of hydrogen-bond donors (Lipinski definition) is 1. The first-order chi connectivity index (χ1) is 8.38. The Bertz CT molecular complexity index is 584. The molecule has 0 atom stereocenters. The van der Waals surface area contributed by atoms with Crippen molar-refractivity contribution in [2.75, 3.05) is 0 Å². The van der Waals surface area contributed by atoms with E-state index < -0.39 is 25.7 Å². The van der Waals surface area contributed by atoms with E-state index in [-0.39, 0.29) is 11.6 Å². The Morgan fingerprint density at radius 2 is 2.06 bits per heavy atom. The van der Waals surface area contributed by atoms with Crippen molar-refractivity contribution >= 4 is 25.6 Å². The maximum absolute atomic E-state index is 13.3. The van der Waals surface area contributed by atoms with Crippen molar-refractivity contribution in [2.45, 2.75) is 30.2 Å². The molecule has 1 aliphatic rings. The molecule has 4 nitrogen and oxygen atoms in total. The standard InChI is InChI=1S/C11H11ClFNO3S/c12-18(16,17)10-6-7(4-5-9(10)13)11(15)14-8-2-1-3-8/h4-6,8H,1-3H2,(H,14,15). The third kappa shape index (κ3) is 2.81. The van der Waals surface area contributed by atoms with Gasteiger partial charge >= 0.3 is 0 Å². The van der Waals surface area contributed by atoms with Crippen LogP contribution in [0.15, 0.2) is 23.1 Å². The molecule has 1 aliphatic carbocycles. The van der Waals surface area contributed by atoms with Crippen LogP contribution in [0.3, 0.4) is 0 Å². The molecule has 1 aromatic carbocycles. The second-order valence-corrected chi connectivity index (χ2v) is 6.72. The molecule has 0 heterocycles. The third-order valence-electron chi connectivity index (χ3n) is 2.90. The summed E-state index contributed by atoms with van der Waals surface area (Å²) in [6.07, 6.45) is 2.89. The zero-order chi connectivity index (χ0) is 13.3. The molecule has 1 saturated carbocycles. The Kier molecular flexibility index (Phi) is 3.59. The van der Waals surface area contributed by atoms with E-state index >= 15 is 0 Å². The van der Waals surface area contributed by atoms with Gasteiger partial charge in [-0.15, -0.1) is 0 Å². The van der Waals surface area contributed by atoms with Crippen LogP contribution in [-0.4, -0.2) is 20.4 Å². The van der Waals surface area contributed by atoms with Crippen LogP contribution >= 0.6 is 10.7 Å². The lowest BCUT2D eigenvalue weighted by Gasteiger charge is -2.26. The normalized spacial score (nSPS) is 16.1. The number of amides is 1. The first-order valence-electron chi connectivity index (χ1n) is 5.43. The fraction of sp³-hybridized carbons (Fsp3) is 0.364. The summed E-state index contributed by atoms with van der Waals surface area (Å²) in [7, 11) is 0.893. The van der Waals surface area contributed by atoms with E-state index in [2.05, 4.69) is 5.32 Å². The molecule has 1 fully saturated rings. The number of benzene rings is 1. The second-order valence-electron chi connectivity index (χ2n) is 4.18. The largest absolute Gasteiger partial charge is 0.349 e. The first kappa shape index (κ1) is 13.3. The summed E-state index contributed by atoms with van der Waals surface area (Å²) in [6, 6.07) is 3.23. The Balaban J connectivity index is 2.26. The highest BCUT2D eigenvalue weighted by atomic mass is 35.7. The topological polar surface area (TPSA) is 63.2 Å². The smallest absolute Gasteiger partial charge is 0.264 e. The fourth-order valence-electron chi connectivity index (χ4n) is 1.65. The van der Waals surface area contributed by atoms with Gasteiger partial charge in [-0.25, -0.2) is 12.8 Å². The van der Waals surface area contributed by atoms with Gasteiger partial charge in [0, 0.05) is 22.3 Å². The molecular weight excluding hydrogens is 281 g/mol. The molecule has 0 aliphatic heterocycles. The minimum atomic E-state index is -4.19. The molecule has 98 valence electrons. The maximum Gasteiger partial charge on any atom is 0.264 e. The molecule has 0 bridgehead atoms. The number of nitrogens with one attached hydrogen (secondary N) is 1. The molecule has 2 rings (SSSR count). The van der Waals surface area contributed by atoms with Crippen LogP contribution in [0, 0.1) is 5.82 Å². The molecule has 0 saturated heterocycles. The van der Waals surface area contributed by atoms with E-state index in [1.807, 2.05) is 0 Å². The average Bonchev–Trinajstić information content (AvgIpc) is 2.22. The SMILES string of the molecule is O=C(NC1CCC1)c1ccc(F)c(S(=O)(=O)Cl)c1. The van der Waals surface area contributed by atoms with Gasteiger partial charge in [-0.05, 0) is 37.5 Å². The number of hydrogen-bond acceptors (Lipinski definition) is 3. The Labute approximate surface area is 109 Å². The quantitative estimate of drug-likeness (QED) is 0.867. The maximum atomic E-state index is 13.3. The molecule has 0 aromatic heterocycles. The Morgan fingerprint density at radius 3 is 2.56 bits per heavy atom. The highest BCUT2D eigenvalue weighted by Crippen LogP contribution is 2.22. The highest BCUT2D eigenvalue weighted by Gasteiger charge is 2.22. The summed E-state index contributed by atoms with van der Waals surface area (Å²) in [4.78, 5) is 11.1. The monoisotopic (exact) mass is 291 g/mol. The molecule has 1 aromatic rings. The Hall–Kier alpha value is -1.14. The third-order valence-corrected chi connectivity index (χ3v) is 4.23. The molecule has 18 heavy (non-hydrogen) atoms. The molecule has 7 heteroatoms. The van der Waals surface area contributed by atoms with Crippen LogP contribution in [0.5, 0.6) is 0 Å². The lowest BCUT2D eigenvalue weighted by Crippen LogP contribution is -2.39. The van der Waals surface area contributed by atoms with Gasteiger partial charge in [-0.1, -0.05) is 0 Å². The first-order valence-corrected chi connectivity index (χ1v) is 7.74. The number of carbonyl (C=O) groups excluding carboxylic acids is 1. The summed E-state index contributed by atoms with van der Waals surface area (Å²) < 4.78 is 35.5. The molecule has 1 amide bonds. The summed E-state index contributed by atoms with van der Waals surface area (Å²) in [6.45, 7) is 0. The average molecular weight is 292 g/mol. The fourth-order valence-corrected chi connectivity index (χ4v) is 2.58. The summed E-state index contributed by atoms with van der Waals surface area (Å²) in [5.74, 6) is -1.38. The van der Waals surface area contributed by atoms with Crippen LogP contribution in [0.1, 0.15) is 29.6 Å². The minimum Gasteiger partial charge on any atom is -0.349 e. The minimum absolute atomic E-state index is 0.0857. The molecule has 0 unspecified atom stereocenters. The lowest BCUT2D eigenvalue weighted by atomic mass is 9.93. The number of rotatable bonds is 3. The Morgan fingerprint density at radius 1 is 1.39 bits per heavy atom. The zero-order valence-electron chi connectivity index (χ0n) is 9.32. The zero-order valence-corrected chi connectivity index (χ0v) is 10.9. The van der Waals surface area contributed by atoms with Gasteiger partial charge in [0.2, 0.25) is 0 Å². The van der Waals surface area contributed by atoms with E-state index in [9.17, 15) is 17.6 Å². The predicted octanol–water partition coefficient (Wildman–Crippen LogP) is 2.04. The summed E-state index contributed by atoms with van der Waals surface area (Å²) in [5, 5.41) is 2.73. The van der Waals surface area contributed by atoms with Crippen molar-refractivity contribution in [2.24, 2.45) is 0 Å². The van der Waals surface area contributed by atoms with E-state index in [1.165, 1.54) is 6.07 Å². The van der Waals surface area contributed by atoms with Gasteiger partial charge < -0.3 is 5.32 Å². The van der Waals surface area contributed by atoms with Crippen LogP contribution < -0.4 is 5.32 Å². The van der Waals surface area contributed by atoms with E-state index in [1.54, 1.807) is 0 Å². The molecule has 1 N–H and O–H groups in total. The summed E-state index contributed by atoms with van der Waals surface area (Å²) in [5.41, 5.74) is 0.0857. The van der Waals surface area contributed by atoms with Gasteiger partial charge in [0.15, 0.2) is 0 Å². The van der Waals surface area contributed by atoms with E-state index in [4.69, 9.17) is 10.7 Å². The highest BCUT2D eigenvalue weighted by molar-refractivity contribution is 8.13.